The molecule has 1 aliphatic heterocycles. The van der Waals surface area contributed by atoms with E-state index in [2.05, 4.69) is 11.9 Å². The molecule has 0 aromatic carbocycles. The predicted octanol–water partition coefficient (Wildman–Crippen LogP) is 2.46. The van der Waals surface area contributed by atoms with Crippen LogP contribution < -0.4 is 0 Å². The molecule has 4 nitrogen and oxygen atoms in total. The second-order valence-electron chi connectivity index (χ2n) is 5.28. The topological polar surface area (TPSA) is 42.4 Å². The Bertz CT molecular complexity index is 503. The van der Waals surface area contributed by atoms with Crippen LogP contribution in [0.15, 0.2) is 0 Å². The van der Waals surface area contributed by atoms with Crippen molar-refractivity contribution in [2.24, 2.45) is 0 Å². The number of nitrogens with zero attached hydrogens (tertiary/aromatic N) is 2. The molecule has 0 radical (unpaired) electrons. The van der Waals surface area contributed by atoms with Gasteiger partial charge >= 0.3 is 5.97 Å². The summed E-state index contributed by atoms with van der Waals surface area (Å²) in [6, 6.07) is 0.409. The summed E-state index contributed by atoms with van der Waals surface area (Å²) in [6.45, 7) is 3.42. The zero-order valence-corrected chi connectivity index (χ0v) is 13.6. The quantitative estimate of drug-likeness (QED) is 0.802. The van der Waals surface area contributed by atoms with Crippen LogP contribution in [-0.2, 0) is 16.0 Å². The number of thiazole rings is 1. The fourth-order valence-corrected chi connectivity index (χ4v) is 5.44. The number of fused-ring (bicyclic) bond motifs is 1. The Labute approximate surface area is 127 Å². The fraction of sp³-hybridized carbons (Fsp3) is 0.714. The van der Waals surface area contributed by atoms with Crippen molar-refractivity contribution in [3.8, 4) is 0 Å². The standard InChI is InChI=1S/C14H20N2O2S2/c1-3-18-14(17)9-4-5-11-12(9)15-13(20-11)10-8-19-7-6-16(10)2/h9-10H,3-8H2,1-2H3. The van der Waals surface area contributed by atoms with E-state index in [4.69, 9.17) is 9.72 Å². The van der Waals surface area contributed by atoms with E-state index in [9.17, 15) is 4.79 Å². The molecule has 0 saturated carbocycles. The Balaban J connectivity index is 1.80. The first-order valence-electron chi connectivity index (χ1n) is 7.14. The van der Waals surface area contributed by atoms with Gasteiger partial charge in [-0.2, -0.15) is 11.8 Å². The minimum Gasteiger partial charge on any atom is -0.465 e. The Morgan fingerprint density at radius 1 is 1.55 bits per heavy atom. The van der Waals surface area contributed by atoms with Crippen LogP contribution in [0.5, 0.6) is 0 Å². The average molecular weight is 312 g/mol. The van der Waals surface area contributed by atoms with Gasteiger partial charge in [0.05, 0.1) is 18.3 Å². The van der Waals surface area contributed by atoms with Crippen LogP contribution in [0.25, 0.3) is 0 Å². The Morgan fingerprint density at radius 2 is 2.40 bits per heavy atom. The van der Waals surface area contributed by atoms with Gasteiger partial charge < -0.3 is 4.74 Å². The van der Waals surface area contributed by atoms with Crippen LogP contribution in [0.2, 0.25) is 0 Å². The molecule has 2 aliphatic rings. The Morgan fingerprint density at radius 3 is 3.15 bits per heavy atom. The summed E-state index contributed by atoms with van der Waals surface area (Å²) in [7, 11) is 2.17. The molecule has 1 aromatic heterocycles. The smallest absolute Gasteiger partial charge is 0.315 e. The average Bonchev–Trinajstić information content (AvgIpc) is 2.99. The van der Waals surface area contributed by atoms with Gasteiger partial charge in [-0.25, -0.2) is 4.98 Å². The summed E-state index contributed by atoms with van der Waals surface area (Å²) in [4.78, 5) is 20.5. The molecule has 2 unspecified atom stereocenters. The molecule has 6 heteroatoms. The molecule has 0 N–H and O–H groups in total. The zero-order chi connectivity index (χ0) is 14.1. The van der Waals surface area contributed by atoms with Crippen LogP contribution in [-0.4, -0.2) is 47.6 Å². The van der Waals surface area contributed by atoms with Gasteiger partial charge in [0.1, 0.15) is 10.9 Å². The van der Waals surface area contributed by atoms with Gasteiger partial charge in [0, 0.05) is 22.9 Å². The first-order chi connectivity index (χ1) is 9.70. The number of esters is 1. The summed E-state index contributed by atoms with van der Waals surface area (Å²) in [5, 5.41) is 1.18. The van der Waals surface area contributed by atoms with Gasteiger partial charge in [0.25, 0.3) is 0 Å². The Hall–Kier alpha value is -0.590. The molecular weight excluding hydrogens is 292 g/mol. The molecule has 1 fully saturated rings. The monoisotopic (exact) mass is 312 g/mol. The fourth-order valence-electron chi connectivity index (χ4n) is 2.81. The van der Waals surface area contributed by atoms with Gasteiger partial charge in [-0.3, -0.25) is 9.69 Å². The normalized spacial score (nSPS) is 26.5. The summed E-state index contributed by atoms with van der Waals surface area (Å²) in [6.07, 6.45) is 1.84. The van der Waals surface area contributed by atoms with E-state index in [1.165, 1.54) is 15.6 Å². The maximum absolute atomic E-state index is 12.0. The molecule has 0 bridgehead atoms. The first kappa shape index (κ1) is 14.4. The molecule has 110 valence electrons. The van der Waals surface area contributed by atoms with Gasteiger partial charge in [-0.1, -0.05) is 0 Å². The van der Waals surface area contributed by atoms with E-state index in [1.54, 1.807) is 11.3 Å². The van der Waals surface area contributed by atoms with Gasteiger partial charge in [0.2, 0.25) is 0 Å². The second-order valence-corrected chi connectivity index (χ2v) is 7.54. The van der Waals surface area contributed by atoms with E-state index in [0.717, 1.165) is 30.8 Å². The molecule has 0 spiro atoms. The largest absolute Gasteiger partial charge is 0.465 e. The third-order valence-electron chi connectivity index (χ3n) is 3.99. The zero-order valence-electron chi connectivity index (χ0n) is 11.9. The Kier molecular flexibility index (Phi) is 4.33. The highest BCUT2D eigenvalue weighted by Gasteiger charge is 2.35. The first-order valence-corrected chi connectivity index (χ1v) is 9.12. The van der Waals surface area contributed by atoms with Crippen LogP contribution >= 0.6 is 23.1 Å². The molecule has 2 heterocycles. The number of ether oxygens (including phenoxy) is 1. The van der Waals surface area contributed by atoms with Crippen LogP contribution in [0.4, 0.5) is 0 Å². The van der Waals surface area contributed by atoms with Crippen molar-refractivity contribution in [3.05, 3.63) is 15.6 Å². The second kappa shape index (κ2) is 6.03. The maximum Gasteiger partial charge on any atom is 0.315 e. The number of hydrogen-bond acceptors (Lipinski definition) is 6. The molecule has 2 atom stereocenters. The van der Waals surface area contributed by atoms with E-state index in [0.29, 0.717) is 12.6 Å². The molecular formula is C14H20N2O2S2. The van der Waals surface area contributed by atoms with E-state index >= 15 is 0 Å². The lowest BCUT2D eigenvalue weighted by Gasteiger charge is -2.30. The summed E-state index contributed by atoms with van der Waals surface area (Å²) in [5.74, 6) is 2.07. The summed E-state index contributed by atoms with van der Waals surface area (Å²) in [5.41, 5.74) is 0.993. The van der Waals surface area contributed by atoms with Crippen molar-refractivity contribution in [2.45, 2.75) is 31.7 Å². The molecule has 20 heavy (non-hydrogen) atoms. The third-order valence-corrected chi connectivity index (χ3v) is 6.24. The highest BCUT2D eigenvalue weighted by atomic mass is 32.2. The van der Waals surface area contributed by atoms with Gasteiger partial charge in [0.15, 0.2) is 0 Å². The number of rotatable bonds is 3. The van der Waals surface area contributed by atoms with Gasteiger partial charge in [-0.05, 0) is 26.8 Å². The number of aromatic nitrogens is 1. The van der Waals surface area contributed by atoms with Gasteiger partial charge in [-0.15, -0.1) is 11.3 Å². The lowest BCUT2D eigenvalue weighted by Crippen LogP contribution is -2.32. The maximum atomic E-state index is 12.0. The number of carbonyl (C=O) groups excluding carboxylic acids is 1. The summed E-state index contributed by atoms with van der Waals surface area (Å²) < 4.78 is 5.17. The van der Waals surface area contributed by atoms with E-state index < -0.39 is 0 Å². The predicted molar refractivity (Wildman–Crippen MR) is 82.5 cm³/mol. The molecule has 1 saturated heterocycles. The number of thioether (sulfide) groups is 1. The number of hydrogen-bond donors (Lipinski definition) is 0. The highest BCUT2D eigenvalue weighted by molar-refractivity contribution is 7.99. The molecule has 1 aromatic rings. The molecule has 0 amide bonds. The number of carbonyl (C=O) groups is 1. The van der Waals surface area contributed by atoms with E-state index in [-0.39, 0.29) is 11.9 Å². The SMILES string of the molecule is CCOC(=O)C1CCc2sc(C3CSCCN3C)nc21. The third kappa shape index (κ3) is 2.61. The van der Waals surface area contributed by atoms with Crippen molar-refractivity contribution in [2.75, 3.05) is 31.7 Å². The van der Waals surface area contributed by atoms with E-state index in [1.807, 2.05) is 18.7 Å². The number of aryl methyl sites for hydroxylation is 1. The highest BCUT2D eigenvalue weighted by Crippen LogP contribution is 2.40. The van der Waals surface area contributed by atoms with Crippen molar-refractivity contribution < 1.29 is 9.53 Å². The van der Waals surface area contributed by atoms with Crippen molar-refractivity contribution in [1.82, 2.24) is 9.88 Å². The van der Waals surface area contributed by atoms with Crippen molar-refractivity contribution in [1.29, 1.82) is 0 Å². The minimum atomic E-state index is -0.128. The minimum absolute atomic E-state index is 0.102. The van der Waals surface area contributed by atoms with Crippen LogP contribution in [0.3, 0.4) is 0 Å². The van der Waals surface area contributed by atoms with Crippen molar-refractivity contribution in [3.63, 3.8) is 0 Å². The lowest BCUT2D eigenvalue weighted by atomic mass is 10.1. The van der Waals surface area contributed by atoms with Crippen LogP contribution in [0, 0.1) is 0 Å². The lowest BCUT2D eigenvalue weighted by molar-refractivity contribution is -0.145. The molecule has 1 aliphatic carbocycles. The van der Waals surface area contributed by atoms with Crippen LogP contribution in [0.1, 0.15) is 40.9 Å². The van der Waals surface area contributed by atoms with Crippen molar-refractivity contribution >= 4 is 29.1 Å². The molecule has 3 rings (SSSR count). The summed E-state index contributed by atoms with van der Waals surface area (Å²) >= 11 is 3.79.